The third kappa shape index (κ3) is 3.30. The molecule has 0 aromatic carbocycles. The van der Waals surface area contributed by atoms with E-state index in [4.69, 9.17) is 11.6 Å². The van der Waals surface area contributed by atoms with Crippen molar-refractivity contribution in [3.63, 3.8) is 0 Å². The number of aromatic nitrogens is 2. The molecule has 0 N–H and O–H groups in total. The van der Waals surface area contributed by atoms with Gasteiger partial charge in [-0.15, -0.1) is 11.3 Å². The normalized spacial score (nSPS) is 11.3. The maximum Gasteiger partial charge on any atom is 0.138 e. The fourth-order valence-corrected chi connectivity index (χ4v) is 3.21. The highest BCUT2D eigenvalue weighted by Gasteiger charge is 2.21. The molecule has 0 aliphatic rings. The molecular formula is C15H20ClN3S. The van der Waals surface area contributed by atoms with Gasteiger partial charge in [-0.25, -0.2) is 9.97 Å². The summed E-state index contributed by atoms with van der Waals surface area (Å²) in [5.41, 5.74) is 1.03. The zero-order chi connectivity index (χ0) is 14.7. The Bertz CT molecular complexity index is 552. The molecule has 0 spiro atoms. The van der Waals surface area contributed by atoms with Gasteiger partial charge >= 0.3 is 0 Å². The number of hydrogen-bond donors (Lipinski definition) is 0. The van der Waals surface area contributed by atoms with E-state index in [0.717, 1.165) is 17.9 Å². The Labute approximate surface area is 129 Å². The number of nitrogens with zero attached hydrogens (tertiary/aromatic N) is 3. The fraction of sp³-hybridized carbons (Fsp3) is 0.467. The third-order valence-electron chi connectivity index (χ3n) is 3.19. The highest BCUT2D eigenvalue weighted by molar-refractivity contribution is 7.09. The standard InChI is InChI=1S/C15H20ClN3S/c1-10(2)13-14(16)17-9-18-15(13)19(11(3)4)8-12-6-5-7-20-12/h5-7,9-11H,8H2,1-4H3. The summed E-state index contributed by atoms with van der Waals surface area (Å²) in [5.74, 6) is 1.24. The van der Waals surface area contributed by atoms with Crippen LogP contribution in [0.25, 0.3) is 0 Å². The second-order valence-electron chi connectivity index (χ2n) is 5.36. The van der Waals surface area contributed by atoms with Crippen LogP contribution in [0.15, 0.2) is 23.8 Å². The number of thiophene rings is 1. The van der Waals surface area contributed by atoms with Crippen molar-refractivity contribution < 1.29 is 0 Å². The van der Waals surface area contributed by atoms with Crippen molar-refractivity contribution in [3.05, 3.63) is 39.4 Å². The monoisotopic (exact) mass is 309 g/mol. The SMILES string of the molecule is CC(C)c1c(Cl)ncnc1N(Cc1cccs1)C(C)C. The Morgan fingerprint density at radius 3 is 2.55 bits per heavy atom. The smallest absolute Gasteiger partial charge is 0.138 e. The molecule has 2 aromatic heterocycles. The molecule has 0 unspecified atom stereocenters. The van der Waals surface area contributed by atoms with Gasteiger partial charge in [0.25, 0.3) is 0 Å². The predicted octanol–water partition coefficient (Wildman–Crippen LogP) is 4.73. The van der Waals surface area contributed by atoms with Gasteiger partial charge in [-0.1, -0.05) is 31.5 Å². The molecular weight excluding hydrogens is 290 g/mol. The van der Waals surface area contributed by atoms with Crippen LogP contribution in [0.5, 0.6) is 0 Å². The molecule has 2 heterocycles. The molecule has 2 aromatic rings. The van der Waals surface area contributed by atoms with E-state index in [2.05, 4.69) is 60.1 Å². The molecule has 0 saturated carbocycles. The maximum atomic E-state index is 6.28. The molecule has 0 saturated heterocycles. The van der Waals surface area contributed by atoms with E-state index in [-0.39, 0.29) is 0 Å². The van der Waals surface area contributed by atoms with Crippen LogP contribution in [-0.2, 0) is 6.54 Å². The molecule has 0 bridgehead atoms. The molecule has 20 heavy (non-hydrogen) atoms. The quantitative estimate of drug-likeness (QED) is 0.748. The predicted molar refractivity (Wildman–Crippen MR) is 86.8 cm³/mol. The van der Waals surface area contributed by atoms with Crippen LogP contribution in [0, 0.1) is 0 Å². The third-order valence-corrected chi connectivity index (χ3v) is 4.36. The molecule has 0 aliphatic carbocycles. The molecule has 2 rings (SSSR count). The summed E-state index contributed by atoms with van der Waals surface area (Å²) in [7, 11) is 0. The van der Waals surface area contributed by atoms with Crippen molar-refractivity contribution in [1.82, 2.24) is 9.97 Å². The van der Waals surface area contributed by atoms with Gasteiger partial charge in [0.15, 0.2) is 0 Å². The molecule has 0 fully saturated rings. The van der Waals surface area contributed by atoms with Crippen LogP contribution in [-0.4, -0.2) is 16.0 Å². The lowest BCUT2D eigenvalue weighted by atomic mass is 10.0. The second kappa shape index (κ2) is 6.55. The first-order valence-electron chi connectivity index (χ1n) is 6.80. The Kier molecular flexibility index (Phi) is 5.00. The average molecular weight is 310 g/mol. The lowest BCUT2D eigenvalue weighted by molar-refractivity contribution is 0.664. The highest BCUT2D eigenvalue weighted by Crippen LogP contribution is 2.32. The first-order chi connectivity index (χ1) is 9.50. The largest absolute Gasteiger partial charge is 0.349 e. The van der Waals surface area contributed by atoms with Gasteiger partial charge in [0, 0.05) is 16.5 Å². The van der Waals surface area contributed by atoms with E-state index in [9.17, 15) is 0 Å². The summed E-state index contributed by atoms with van der Waals surface area (Å²) in [4.78, 5) is 12.2. The molecule has 0 aliphatic heterocycles. The minimum atomic E-state index is 0.295. The van der Waals surface area contributed by atoms with Crippen molar-refractivity contribution in [2.75, 3.05) is 4.90 Å². The maximum absolute atomic E-state index is 6.28. The minimum absolute atomic E-state index is 0.295. The van der Waals surface area contributed by atoms with Gasteiger partial charge in [-0.3, -0.25) is 0 Å². The molecule has 5 heteroatoms. The van der Waals surface area contributed by atoms with E-state index >= 15 is 0 Å². The van der Waals surface area contributed by atoms with E-state index < -0.39 is 0 Å². The number of hydrogen-bond acceptors (Lipinski definition) is 4. The summed E-state index contributed by atoms with van der Waals surface area (Å²) >= 11 is 8.04. The van der Waals surface area contributed by atoms with Crippen LogP contribution in [0.4, 0.5) is 5.82 Å². The average Bonchev–Trinajstić information content (AvgIpc) is 2.87. The van der Waals surface area contributed by atoms with Gasteiger partial charge in [0.05, 0.1) is 6.54 Å². The molecule has 0 atom stereocenters. The first kappa shape index (κ1) is 15.3. The Hall–Kier alpha value is -1.13. The number of rotatable bonds is 5. The lowest BCUT2D eigenvalue weighted by Crippen LogP contribution is -2.32. The van der Waals surface area contributed by atoms with Crippen LogP contribution >= 0.6 is 22.9 Å². The summed E-state index contributed by atoms with van der Waals surface area (Å²) in [6, 6.07) is 4.58. The Morgan fingerprint density at radius 1 is 1.25 bits per heavy atom. The van der Waals surface area contributed by atoms with Crippen molar-refractivity contribution >= 4 is 28.8 Å². The first-order valence-corrected chi connectivity index (χ1v) is 8.06. The molecule has 0 radical (unpaired) electrons. The van der Waals surface area contributed by atoms with E-state index in [1.165, 1.54) is 4.88 Å². The van der Waals surface area contributed by atoms with E-state index in [0.29, 0.717) is 17.1 Å². The van der Waals surface area contributed by atoms with Gasteiger partial charge < -0.3 is 4.90 Å². The summed E-state index contributed by atoms with van der Waals surface area (Å²) in [6.07, 6.45) is 1.55. The van der Waals surface area contributed by atoms with Gasteiger partial charge in [0.1, 0.15) is 17.3 Å². The van der Waals surface area contributed by atoms with Crippen LogP contribution in [0.1, 0.15) is 44.1 Å². The lowest BCUT2D eigenvalue weighted by Gasteiger charge is -2.30. The van der Waals surface area contributed by atoms with E-state index in [1.54, 1.807) is 17.7 Å². The molecule has 0 amide bonds. The Balaban J connectivity index is 2.42. The van der Waals surface area contributed by atoms with Crippen LogP contribution in [0.2, 0.25) is 5.15 Å². The number of halogens is 1. The van der Waals surface area contributed by atoms with Crippen LogP contribution in [0.3, 0.4) is 0 Å². The van der Waals surface area contributed by atoms with Crippen molar-refractivity contribution in [3.8, 4) is 0 Å². The summed E-state index contributed by atoms with van der Waals surface area (Å²) in [5, 5.41) is 2.66. The minimum Gasteiger partial charge on any atom is -0.349 e. The van der Waals surface area contributed by atoms with Crippen LogP contribution < -0.4 is 4.90 Å². The zero-order valence-corrected chi connectivity index (χ0v) is 13.9. The molecule has 3 nitrogen and oxygen atoms in total. The fourth-order valence-electron chi connectivity index (χ4n) is 2.16. The van der Waals surface area contributed by atoms with E-state index in [1.807, 2.05) is 0 Å². The van der Waals surface area contributed by atoms with Crippen molar-refractivity contribution in [2.24, 2.45) is 0 Å². The highest BCUT2D eigenvalue weighted by atomic mass is 35.5. The zero-order valence-electron chi connectivity index (χ0n) is 12.3. The van der Waals surface area contributed by atoms with Gasteiger partial charge in [-0.2, -0.15) is 0 Å². The topological polar surface area (TPSA) is 29.0 Å². The van der Waals surface area contributed by atoms with Gasteiger partial charge in [0.2, 0.25) is 0 Å². The summed E-state index contributed by atoms with van der Waals surface area (Å²) in [6.45, 7) is 9.44. The van der Waals surface area contributed by atoms with Crippen molar-refractivity contribution in [2.45, 2.75) is 46.2 Å². The van der Waals surface area contributed by atoms with Crippen molar-refractivity contribution in [1.29, 1.82) is 0 Å². The Morgan fingerprint density at radius 2 is 2.00 bits per heavy atom. The molecule has 108 valence electrons. The van der Waals surface area contributed by atoms with Gasteiger partial charge in [-0.05, 0) is 31.2 Å². The number of anilines is 1. The second-order valence-corrected chi connectivity index (χ2v) is 6.75. The summed E-state index contributed by atoms with van der Waals surface area (Å²) < 4.78 is 0.